The molecule has 2 aliphatic rings. The summed E-state index contributed by atoms with van der Waals surface area (Å²) in [5, 5.41) is 0. The second-order valence-corrected chi connectivity index (χ2v) is 8.77. The number of rotatable bonds is 5. The van der Waals surface area contributed by atoms with E-state index in [9.17, 15) is 4.79 Å². The van der Waals surface area contributed by atoms with Crippen LogP contribution in [0.3, 0.4) is 0 Å². The lowest BCUT2D eigenvalue weighted by molar-refractivity contribution is -0.152. The van der Waals surface area contributed by atoms with E-state index < -0.39 is 0 Å². The van der Waals surface area contributed by atoms with E-state index in [-0.39, 0.29) is 16.8 Å². The molecule has 0 aromatic carbocycles. The van der Waals surface area contributed by atoms with Gasteiger partial charge in [-0.1, -0.05) is 32.4 Å². The van der Waals surface area contributed by atoms with Crippen LogP contribution >= 0.6 is 0 Å². The van der Waals surface area contributed by atoms with Crippen molar-refractivity contribution in [3.05, 3.63) is 36.3 Å². The number of carbonyl (C=O) groups is 1. The molecule has 0 aliphatic heterocycles. The Morgan fingerprint density at radius 3 is 2.88 bits per heavy atom. The van der Waals surface area contributed by atoms with Crippen molar-refractivity contribution in [3.63, 3.8) is 0 Å². The first kappa shape index (κ1) is 18.3. The van der Waals surface area contributed by atoms with Crippen LogP contribution in [0.25, 0.3) is 0 Å². The normalized spacial score (nSPS) is 35.2. The van der Waals surface area contributed by atoms with Crippen LogP contribution in [0.4, 0.5) is 0 Å². The maximum Gasteiger partial charge on any atom is 0.302 e. The van der Waals surface area contributed by atoms with Crippen LogP contribution in [0, 0.1) is 22.7 Å². The lowest BCUT2D eigenvalue weighted by Crippen LogP contribution is -2.52. The molecular weight excluding hydrogens is 312 g/mol. The van der Waals surface area contributed by atoms with Gasteiger partial charge in [0.1, 0.15) is 0 Å². The summed E-state index contributed by atoms with van der Waals surface area (Å²) in [6.45, 7) is 11.3. The standard InChI is InChI=1S/C22H32O3/c1-16-6-9-20-21(3,15-25-17(2)23)11-5-12-22(20,4)19(16)8-7-18-10-13-24-14-18/h10,13-14,19-20H,1,5-9,11-12,15H2,2-4H3. The molecule has 3 nitrogen and oxygen atoms in total. The van der Waals surface area contributed by atoms with Gasteiger partial charge < -0.3 is 9.15 Å². The van der Waals surface area contributed by atoms with Crippen LogP contribution in [-0.4, -0.2) is 12.6 Å². The fraction of sp³-hybridized carbons (Fsp3) is 0.682. The van der Waals surface area contributed by atoms with Gasteiger partial charge >= 0.3 is 5.97 Å². The zero-order valence-electron chi connectivity index (χ0n) is 16.0. The minimum absolute atomic E-state index is 0.0905. The van der Waals surface area contributed by atoms with Crippen molar-refractivity contribution in [2.24, 2.45) is 22.7 Å². The summed E-state index contributed by atoms with van der Waals surface area (Å²) in [5.41, 5.74) is 3.04. The fourth-order valence-corrected chi connectivity index (χ4v) is 5.80. The third-order valence-electron chi connectivity index (χ3n) is 7.05. The van der Waals surface area contributed by atoms with E-state index in [1.165, 1.54) is 37.3 Å². The molecule has 1 heterocycles. The van der Waals surface area contributed by atoms with Crippen molar-refractivity contribution >= 4 is 5.97 Å². The molecule has 2 fully saturated rings. The molecule has 138 valence electrons. The van der Waals surface area contributed by atoms with Gasteiger partial charge in [0.25, 0.3) is 0 Å². The predicted octanol–water partition coefficient (Wildman–Crippen LogP) is 5.55. The van der Waals surface area contributed by atoms with Gasteiger partial charge in [-0.25, -0.2) is 0 Å². The number of esters is 1. The molecule has 0 saturated heterocycles. The van der Waals surface area contributed by atoms with Crippen molar-refractivity contribution in [3.8, 4) is 0 Å². The van der Waals surface area contributed by atoms with Gasteiger partial charge in [-0.2, -0.15) is 0 Å². The number of ether oxygens (including phenoxy) is 1. The van der Waals surface area contributed by atoms with Crippen molar-refractivity contribution in [1.29, 1.82) is 0 Å². The maximum atomic E-state index is 11.4. The van der Waals surface area contributed by atoms with Gasteiger partial charge in [-0.15, -0.1) is 0 Å². The van der Waals surface area contributed by atoms with Crippen molar-refractivity contribution in [2.75, 3.05) is 6.61 Å². The molecule has 0 amide bonds. The van der Waals surface area contributed by atoms with Gasteiger partial charge in [0.05, 0.1) is 19.1 Å². The van der Waals surface area contributed by atoms with Crippen LogP contribution in [0.5, 0.6) is 0 Å². The molecule has 4 unspecified atom stereocenters. The van der Waals surface area contributed by atoms with E-state index in [4.69, 9.17) is 9.15 Å². The van der Waals surface area contributed by atoms with Crippen LogP contribution in [-0.2, 0) is 16.0 Å². The monoisotopic (exact) mass is 344 g/mol. The number of hydrogen-bond acceptors (Lipinski definition) is 3. The van der Waals surface area contributed by atoms with E-state index in [2.05, 4.69) is 26.5 Å². The smallest absolute Gasteiger partial charge is 0.302 e. The Morgan fingerprint density at radius 1 is 1.40 bits per heavy atom. The summed E-state index contributed by atoms with van der Waals surface area (Å²) in [4.78, 5) is 11.4. The Balaban J connectivity index is 1.79. The zero-order valence-corrected chi connectivity index (χ0v) is 16.0. The average molecular weight is 344 g/mol. The zero-order chi connectivity index (χ0) is 18.1. The van der Waals surface area contributed by atoms with Crippen LogP contribution < -0.4 is 0 Å². The van der Waals surface area contributed by atoms with Crippen LogP contribution in [0.2, 0.25) is 0 Å². The largest absolute Gasteiger partial charge is 0.472 e. The number of carbonyl (C=O) groups excluding carboxylic acids is 1. The fourth-order valence-electron chi connectivity index (χ4n) is 5.80. The van der Waals surface area contributed by atoms with Crippen molar-refractivity contribution in [2.45, 2.75) is 65.7 Å². The first-order chi connectivity index (χ1) is 11.8. The SMILES string of the molecule is C=C1CCC2C(C)(COC(C)=O)CCCC2(C)C1CCc1ccoc1. The number of hydrogen-bond donors (Lipinski definition) is 0. The molecule has 1 aromatic heterocycles. The van der Waals surface area contributed by atoms with Gasteiger partial charge in [0.2, 0.25) is 0 Å². The lowest BCUT2D eigenvalue weighted by atomic mass is 9.47. The average Bonchev–Trinajstić information content (AvgIpc) is 3.05. The second-order valence-electron chi connectivity index (χ2n) is 8.77. The van der Waals surface area contributed by atoms with Crippen molar-refractivity contribution in [1.82, 2.24) is 0 Å². The third-order valence-corrected chi connectivity index (χ3v) is 7.05. The summed E-state index contributed by atoms with van der Waals surface area (Å²) in [7, 11) is 0. The Bertz CT molecular complexity index is 617. The molecule has 0 radical (unpaired) electrons. The highest BCUT2D eigenvalue weighted by atomic mass is 16.5. The number of aryl methyl sites for hydroxylation is 1. The highest BCUT2D eigenvalue weighted by molar-refractivity contribution is 5.65. The van der Waals surface area contributed by atoms with Gasteiger partial charge in [0.15, 0.2) is 0 Å². The molecule has 25 heavy (non-hydrogen) atoms. The van der Waals surface area contributed by atoms with Crippen LogP contribution in [0.1, 0.15) is 64.9 Å². The van der Waals surface area contributed by atoms with Gasteiger partial charge in [0, 0.05) is 12.3 Å². The Labute approximate surface area is 151 Å². The molecule has 1 aromatic rings. The van der Waals surface area contributed by atoms with E-state index in [0.717, 1.165) is 25.7 Å². The Kier molecular flexibility index (Phi) is 5.13. The third kappa shape index (κ3) is 3.56. The predicted molar refractivity (Wildman–Crippen MR) is 99.1 cm³/mol. The lowest BCUT2D eigenvalue weighted by Gasteiger charge is -2.58. The Morgan fingerprint density at radius 2 is 2.20 bits per heavy atom. The molecular formula is C22H32O3. The molecule has 3 heteroatoms. The first-order valence-corrected chi connectivity index (χ1v) is 9.67. The van der Waals surface area contributed by atoms with E-state index in [0.29, 0.717) is 18.4 Å². The number of allylic oxidation sites excluding steroid dienone is 1. The molecule has 2 aliphatic carbocycles. The molecule has 0 N–H and O–H groups in total. The quantitative estimate of drug-likeness (QED) is 0.519. The van der Waals surface area contributed by atoms with E-state index in [1.54, 1.807) is 6.26 Å². The highest BCUT2D eigenvalue weighted by Crippen LogP contribution is 2.61. The van der Waals surface area contributed by atoms with E-state index in [1.807, 2.05) is 6.26 Å². The van der Waals surface area contributed by atoms with Crippen molar-refractivity contribution < 1.29 is 13.9 Å². The minimum Gasteiger partial charge on any atom is -0.472 e. The van der Waals surface area contributed by atoms with Crippen LogP contribution in [0.15, 0.2) is 35.2 Å². The highest BCUT2D eigenvalue weighted by Gasteiger charge is 2.54. The summed E-state index contributed by atoms with van der Waals surface area (Å²) >= 11 is 0. The maximum absolute atomic E-state index is 11.4. The molecule has 3 rings (SSSR count). The van der Waals surface area contributed by atoms with Gasteiger partial charge in [-0.05, 0) is 67.4 Å². The number of furan rings is 1. The molecule has 2 saturated carbocycles. The molecule has 4 atom stereocenters. The molecule has 0 bridgehead atoms. The Hall–Kier alpha value is -1.51. The van der Waals surface area contributed by atoms with E-state index >= 15 is 0 Å². The second kappa shape index (κ2) is 7.01. The summed E-state index contributed by atoms with van der Waals surface area (Å²) in [5.74, 6) is 0.969. The summed E-state index contributed by atoms with van der Waals surface area (Å²) in [6.07, 6.45) is 11.7. The topological polar surface area (TPSA) is 39.4 Å². The number of fused-ring (bicyclic) bond motifs is 1. The first-order valence-electron chi connectivity index (χ1n) is 9.67. The molecule has 0 spiro atoms. The minimum atomic E-state index is -0.162. The summed E-state index contributed by atoms with van der Waals surface area (Å²) in [6, 6.07) is 2.07. The van der Waals surface area contributed by atoms with Gasteiger partial charge in [-0.3, -0.25) is 4.79 Å². The summed E-state index contributed by atoms with van der Waals surface area (Å²) < 4.78 is 10.7.